The summed E-state index contributed by atoms with van der Waals surface area (Å²) in [5.74, 6) is -12.9. The van der Waals surface area contributed by atoms with Gasteiger partial charge in [-0.15, -0.1) is 0 Å². The normalized spacial score (nSPS) is 22.3. The molecule has 0 radical (unpaired) electrons. The number of aliphatic hydroxyl groups excluding tert-OH is 1. The number of piperidine rings is 1. The maximum atomic E-state index is 14.2. The van der Waals surface area contributed by atoms with E-state index in [0.29, 0.717) is 43.1 Å². The first-order valence-electron chi connectivity index (χ1n) is 16.0. The molecule has 50 heavy (non-hydrogen) atoms. The zero-order valence-electron chi connectivity index (χ0n) is 26.8. The Morgan fingerprint density at radius 1 is 0.840 bits per heavy atom. The lowest BCUT2D eigenvalue weighted by molar-refractivity contribution is -0.277. The SMILES string of the molecule is C[C@H]1[C@@H](CN2CCC(O)(c3ccc(Cl)cc3)CC2)O[C@@H](c2ccc(NC(=O)c3c(F)c(F)c(F)c(F)c3F)cc2)O[C@H]1c1ccc(CO)cc1. The summed E-state index contributed by atoms with van der Waals surface area (Å²) in [4.78, 5) is 14.8. The third-order valence-corrected chi connectivity index (χ3v) is 9.76. The third kappa shape index (κ3) is 7.27. The van der Waals surface area contributed by atoms with E-state index < -0.39 is 58.6 Å². The van der Waals surface area contributed by atoms with Gasteiger partial charge in [0.2, 0.25) is 5.82 Å². The number of carbonyl (C=O) groups is 1. The Kier molecular flexibility index (Phi) is 10.6. The summed E-state index contributed by atoms with van der Waals surface area (Å²) in [6.45, 7) is 3.69. The van der Waals surface area contributed by atoms with Crippen molar-refractivity contribution in [1.29, 1.82) is 0 Å². The van der Waals surface area contributed by atoms with Crippen LogP contribution in [0, 0.1) is 35.0 Å². The number of nitrogens with zero attached hydrogens (tertiary/aromatic N) is 1. The highest BCUT2D eigenvalue weighted by Crippen LogP contribution is 2.43. The highest BCUT2D eigenvalue weighted by atomic mass is 35.5. The molecule has 0 unspecified atom stereocenters. The predicted octanol–water partition coefficient (Wildman–Crippen LogP) is 7.56. The Hall–Kier alpha value is -3.91. The van der Waals surface area contributed by atoms with Gasteiger partial charge in [-0.1, -0.05) is 67.1 Å². The number of ether oxygens (including phenoxy) is 2. The van der Waals surface area contributed by atoms with Gasteiger partial charge < -0.3 is 29.9 Å². The molecule has 7 nitrogen and oxygen atoms in total. The molecule has 4 aromatic carbocycles. The number of hydrogen-bond acceptors (Lipinski definition) is 6. The summed E-state index contributed by atoms with van der Waals surface area (Å²) in [6.07, 6.45) is -0.600. The van der Waals surface area contributed by atoms with E-state index in [2.05, 4.69) is 10.2 Å². The van der Waals surface area contributed by atoms with Gasteiger partial charge in [0, 0.05) is 41.8 Å². The van der Waals surface area contributed by atoms with Crippen LogP contribution in [-0.2, 0) is 21.7 Å². The number of halogens is 6. The third-order valence-electron chi connectivity index (χ3n) is 9.50. The maximum Gasteiger partial charge on any atom is 0.261 e. The predicted molar refractivity (Wildman–Crippen MR) is 175 cm³/mol. The van der Waals surface area contributed by atoms with Crippen molar-refractivity contribution in [1.82, 2.24) is 4.90 Å². The van der Waals surface area contributed by atoms with Crippen LogP contribution in [0.25, 0.3) is 0 Å². The first-order valence-corrected chi connectivity index (χ1v) is 16.4. The zero-order valence-corrected chi connectivity index (χ0v) is 27.6. The lowest BCUT2D eigenvalue weighted by atomic mass is 9.84. The number of amides is 1. The summed E-state index contributed by atoms with van der Waals surface area (Å²) < 4.78 is 82.2. The fraction of sp³-hybridized carbons (Fsp3) is 0.324. The van der Waals surface area contributed by atoms with Gasteiger partial charge in [0.05, 0.1) is 24.4 Å². The summed E-state index contributed by atoms with van der Waals surface area (Å²) in [5.41, 5.74) is 0.430. The standard InChI is InChI=1S/C37H34ClF5N2O5/c1-20-27(18-45-16-14-37(48,15-17-45)24-8-10-25(38)11-9-24)49-36(50-34(20)22-4-2-21(19-46)3-5-22)23-6-12-26(13-7-23)44-35(47)28-29(39)31(41)33(43)32(42)30(28)40/h2-13,20,27,34,36,46,48H,14-19H2,1H3,(H,44,47)/t20-,27+,34+,36+/m0/s1. The van der Waals surface area contributed by atoms with Crippen molar-refractivity contribution in [3.63, 3.8) is 0 Å². The van der Waals surface area contributed by atoms with Gasteiger partial charge in [-0.3, -0.25) is 4.79 Å². The number of anilines is 1. The molecule has 3 N–H and O–H groups in total. The fourth-order valence-electron chi connectivity index (χ4n) is 6.46. The molecular formula is C37H34ClF5N2O5. The molecule has 4 aromatic rings. The minimum atomic E-state index is -2.36. The van der Waals surface area contributed by atoms with Gasteiger partial charge in [0.15, 0.2) is 29.6 Å². The minimum absolute atomic E-state index is 0.0288. The second-order valence-electron chi connectivity index (χ2n) is 12.7. The van der Waals surface area contributed by atoms with Crippen molar-refractivity contribution in [3.05, 3.63) is 135 Å². The van der Waals surface area contributed by atoms with E-state index in [1.54, 1.807) is 24.3 Å². The van der Waals surface area contributed by atoms with Crippen molar-refractivity contribution < 1.29 is 46.4 Å². The summed E-state index contributed by atoms with van der Waals surface area (Å²) >= 11 is 6.04. The highest BCUT2D eigenvalue weighted by Gasteiger charge is 2.41. The van der Waals surface area contributed by atoms with E-state index in [4.69, 9.17) is 21.1 Å². The molecular weight excluding hydrogens is 683 g/mol. The summed E-state index contributed by atoms with van der Waals surface area (Å²) in [6, 6.07) is 20.5. The largest absolute Gasteiger partial charge is 0.392 e. The first kappa shape index (κ1) is 35.9. The quantitative estimate of drug-likeness (QED) is 0.0992. The van der Waals surface area contributed by atoms with Crippen molar-refractivity contribution >= 4 is 23.2 Å². The van der Waals surface area contributed by atoms with Crippen LogP contribution in [0.4, 0.5) is 27.6 Å². The van der Waals surface area contributed by atoms with Crippen LogP contribution in [0.2, 0.25) is 5.02 Å². The van der Waals surface area contributed by atoms with Gasteiger partial charge in [-0.05, 0) is 53.8 Å². The number of rotatable bonds is 8. The van der Waals surface area contributed by atoms with Crippen LogP contribution in [0.1, 0.15) is 64.8 Å². The van der Waals surface area contributed by atoms with Crippen molar-refractivity contribution in [2.75, 3.05) is 25.0 Å². The molecule has 13 heteroatoms. The fourth-order valence-corrected chi connectivity index (χ4v) is 6.58. The topological polar surface area (TPSA) is 91.3 Å². The van der Waals surface area contributed by atoms with Gasteiger partial charge >= 0.3 is 0 Å². The van der Waals surface area contributed by atoms with Gasteiger partial charge in [-0.2, -0.15) is 0 Å². The molecule has 0 aliphatic carbocycles. The second kappa shape index (κ2) is 14.7. The first-order chi connectivity index (χ1) is 23.9. The highest BCUT2D eigenvalue weighted by molar-refractivity contribution is 6.30. The molecule has 0 saturated carbocycles. The number of nitrogens with one attached hydrogen (secondary N) is 1. The average Bonchev–Trinajstić information content (AvgIpc) is 3.12. The lowest BCUT2D eigenvalue weighted by Gasteiger charge is -2.45. The van der Waals surface area contributed by atoms with Gasteiger partial charge in [0.25, 0.3) is 5.91 Å². The molecule has 0 spiro atoms. The molecule has 2 saturated heterocycles. The molecule has 2 heterocycles. The van der Waals surface area contributed by atoms with Crippen LogP contribution >= 0.6 is 11.6 Å². The Morgan fingerprint density at radius 2 is 1.40 bits per heavy atom. The maximum absolute atomic E-state index is 14.2. The smallest absolute Gasteiger partial charge is 0.261 e. The minimum Gasteiger partial charge on any atom is -0.392 e. The molecule has 1 amide bonds. The number of aliphatic hydroxyl groups is 2. The molecule has 2 fully saturated rings. The molecule has 4 atom stereocenters. The Morgan fingerprint density at radius 3 is 1.98 bits per heavy atom. The number of likely N-dealkylation sites (tertiary alicyclic amines) is 1. The van der Waals surface area contributed by atoms with Crippen LogP contribution in [0.5, 0.6) is 0 Å². The number of carbonyl (C=O) groups excluding carboxylic acids is 1. The van der Waals surface area contributed by atoms with E-state index in [1.807, 2.05) is 43.3 Å². The van der Waals surface area contributed by atoms with Gasteiger partial charge in [-0.25, -0.2) is 22.0 Å². The lowest BCUT2D eigenvalue weighted by Crippen LogP contribution is -2.49. The van der Waals surface area contributed by atoms with Gasteiger partial charge in [0.1, 0.15) is 5.56 Å². The van der Waals surface area contributed by atoms with E-state index in [0.717, 1.165) is 16.7 Å². The van der Waals surface area contributed by atoms with Crippen LogP contribution in [0.3, 0.4) is 0 Å². The molecule has 2 aliphatic heterocycles. The van der Waals surface area contributed by atoms with Crippen molar-refractivity contribution in [3.8, 4) is 0 Å². The van der Waals surface area contributed by atoms with Crippen molar-refractivity contribution in [2.45, 2.75) is 50.5 Å². The number of hydrogen-bond donors (Lipinski definition) is 3. The van der Waals surface area contributed by atoms with Crippen molar-refractivity contribution in [2.24, 2.45) is 5.92 Å². The summed E-state index contributed by atoms with van der Waals surface area (Å²) in [5, 5.41) is 23.7. The Balaban J connectivity index is 1.19. The molecule has 0 aromatic heterocycles. The van der Waals surface area contributed by atoms with Crippen LogP contribution in [-0.4, -0.2) is 46.8 Å². The van der Waals surface area contributed by atoms with Crippen LogP contribution in [0.15, 0.2) is 72.8 Å². The monoisotopic (exact) mass is 716 g/mol. The zero-order chi connectivity index (χ0) is 35.7. The second-order valence-corrected chi connectivity index (χ2v) is 13.1. The molecule has 6 rings (SSSR count). The van der Waals surface area contributed by atoms with Crippen LogP contribution < -0.4 is 5.32 Å². The molecule has 2 aliphatic rings. The van der Waals surface area contributed by atoms with E-state index >= 15 is 0 Å². The van der Waals surface area contributed by atoms with E-state index in [1.165, 1.54) is 12.1 Å². The molecule has 0 bridgehead atoms. The Labute approximate surface area is 290 Å². The number of benzene rings is 4. The summed E-state index contributed by atoms with van der Waals surface area (Å²) in [7, 11) is 0. The molecule has 264 valence electrons. The van der Waals surface area contributed by atoms with E-state index in [-0.39, 0.29) is 24.3 Å². The Bertz CT molecular complexity index is 1810. The van der Waals surface area contributed by atoms with E-state index in [9.17, 15) is 37.0 Å². The average molecular weight is 717 g/mol.